The fraction of sp³-hybridized carbons (Fsp3) is 0.571. The number of anilines is 1. The zero-order valence-electron chi connectivity index (χ0n) is 13.4. The van der Waals surface area contributed by atoms with Crippen LogP contribution < -0.4 is 9.77 Å². The molecule has 1 fully saturated rings. The smallest absolute Gasteiger partial charge is 0.399 e. The Hall–Kier alpha value is -1.05. The fourth-order valence-corrected chi connectivity index (χ4v) is 2.52. The summed E-state index contributed by atoms with van der Waals surface area (Å²) in [4.78, 5) is 0. The van der Waals surface area contributed by atoms with Crippen LogP contribution in [0.1, 0.15) is 27.7 Å². The van der Waals surface area contributed by atoms with E-state index in [9.17, 15) is 8.42 Å². The molecule has 0 unspecified atom stereocenters. The highest BCUT2D eigenvalue weighted by Crippen LogP contribution is 2.36. The van der Waals surface area contributed by atoms with Crippen molar-refractivity contribution in [3.63, 3.8) is 0 Å². The van der Waals surface area contributed by atoms with Crippen molar-refractivity contribution in [2.24, 2.45) is 0 Å². The highest BCUT2D eigenvalue weighted by atomic mass is 32.2. The molecule has 0 bridgehead atoms. The van der Waals surface area contributed by atoms with Gasteiger partial charge in [0.15, 0.2) is 0 Å². The van der Waals surface area contributed by atoms with Gasteiger partial charge in [-0.2, -0.15) is 0 Å². The lowest BCUT2D eigenvalue weighted by atomic mass is 9.79. The summed E-state index contributed by atoms with van der Waals surface area (Å²) >= 11 is 0. The van der Waals surface area contributed by atoms with Crippen LogP contribution in [0.5, 0.6) is 0 Å². The lowest BCUT2D eigenvalue weighted by Gasteiger charge is -2.32. The van der Waals surface area contributed by atoms with Crippen molar-refractivity contribution < 1.29 is 17.7 Å². The first-order chi connectivity index (χ1) is 9.44. The summed E-state index contributed by atoms with van der Waals surface area (Å²) in [5.41, 5.74) is 0.705. The molecule has 116 valence electrons. The van der Waals surface area contributed by atoms with Crippen LogP contribution in [-0.2, 0) is 19.3 Å². The normalized spacial score (nSPS) is 20.6. The number of hydrogen-bond donors (Lipinski definition) is 0. The molecule has 0 N–H and O–H groups in total. The van der Waals surface area contributed by atoms with Crippen molar-refractivity contribution in [1.29, 1.82) is 0 Å². The average molecular weight is 311 g/mol. The molecule has 0 radical (unpaired) electrons. The lowest BCUT2D eigenvalue weighted by molar-refractivity contribution is 0.00578. The molecule has 21 heavy (non-hydrogen) atoms. The standard InChI is InChI=1S/C14H22BNO4S/c1-13(2)14(3,4)20-15(19-13)11-7-9-12(10-8-11)16(5)21(6,17)18/h7-10H,1-6H3. The average Bonchev–Trinajstić information content (AvgIpc) is 2.57. The van der Waals surface area contributed by atoms with Gasteiger partial charge in [-0.05, 0) is 45.3 Å². The van der Waals surface area contributed by atoms with Gasteiger partial charge < -0.3 is 9.31 Å². The predicted octanol–water partition coefficient (Wildman–Crippen LogP) is 1.38. The molecule has 0 atom stereocenters. The van der Waals surface area contributed by atoms with Crippen molar-refractivity contribution in [1.82, 2.24) is 0 Å². The molecule has 0 aromatic heterocycles. The molecule has 0 saturated carbocycles. The van der Waals surface area contributed by atoms with E-state index in [0.717, 1.165) is 5.46 Å². The molecular formula is C14H22BNO4S. The van der Waals surface area contributed by atoms with Gasteiger partial charge in [0, 0.05) is 7.05 Å². The van der Waals surface area contributed by atoms with E-state index in [1.54, 1.807) is 12.1 Å². The van der Waals surface area contributed by atoms with E-state index in [0.29, 0.717) is 5.69 Å². The summed E-state index contributed by atoms with van der Waals surface area (Å²) in [6.07, 6.45) is 1.18. The second kappa shape index (κ2) is 5.00. The van der Waals surface area contributed by atoms with Gasteiger partial charge in [0.05, 0.1) is 23.1 Å². The predicted molar refractivity (Wildman–Crippen MR) is 85.4 cm³/mol. The molecule has 1 saturated heterocycles. The Kier molecular flexibility index (Phi) is 3.89. The quantitative estimate of drug-likeness (QED) is 0.792. The van der Waals surface area contributed by atoms with E-state index >= 15 is 0 Å². The van der Waals surface area contributed by atoms with Crippen LogP contribution in [0.25, 0.3) is 0 Å². The SMILES string of the molecule is CN(c1ccc(B2OC(C)(C)C(C)(C)O2)cc1)S(C)(=O)=O. The van der Waals surface area contributed by atoms with Gasteiger partial charge >= 0.3 is 7.12 Å². The van der Waals surface area contributed by atoms with Crippen LogP contribution >= 0.6 is 0 Å². The minimum atomic E-state index is -3.25. The monoisotopic (exact) mass is 311 g/mol. The Bertz CT molecular complexity index is 609. The number of benzene rings is 1. The highest BCUT2D eigenvalue weighted by Gasteiger charge is 2.51. The van der Waals surface area contributed by atoms with E-state index in [1.807, 2.05) is 39.8 Å². The van der Waals surface area contributed by atoms with Crippen molar-refractivity contribution in [2.45, 2.75) is 38.9 Å². The first-order valence-corrected chi connectivity index (χ1v) is 8.68. The van der Waals surface area contributed by atoms with Gasteiger partial charge in [-0.25, -0.2) is 8.42 Å². The maximum atomic E-state index is 11.5. The Labute approximate surface area is 127 Å². The van der Waals surface area contributed by atoms with Gasteiger partial charge in [0.2, 0.25) is 10.0 Å². The Morgan fingerprint density at radius 2 is 1.43 bits per heavy atom. The molecule has 0 aliphatic carbocycles. The van der Waals surface area contributed by atoms with E-state index in [2.05, 4.69) is 0 Å². The van der Waals surface area contributed by atoms with Gasteiger partial charge in [-0.1, -0.05) is 12.1 Å². The molecule has 1 aromatic carbocycles. The van der Waals surface area contributed by atoms with Crippen LogP contribution in [0.15, 0.2) is 24.3 Å². The summed E-state index contributed by atoms with van der Waals surface area (Å²) in [7, 11) is -2.16. The molecule has 0 amide bonds. The third-order valence-corrected chi connectivity index (χ3v) is 5.49. The van der Waals surface area contributed by atoms with Gasteiger partial charge in [0.25, 0.3) is 0 Å². The first kappa shape index (κ1) is 16.3. The van der Waals surface area contributed by atoms with Crippen LogP contribution in [0.3, 0.4) is 0 Å². The maximum absolute atomic E-state index is 11.5. The van der Waals surface area contributed by atoms with Crippen molar-refractivity contribution in [2.75, 3.05) is 17.6 Å². The molecule has 1 aliphatic rings. The van der Waals surface area contributed by atoms with Gasteiger partial charge in [-0.3, -0.25) is 4.31 Å². The largest absolute Gasteiger partial charge is 0.494 e. The van der Waals surface area contributed by atoms with Crippen molar-refractivity contribution in [3.8, 4) is 0 Å². The fourth-order valence-electron chi connectivity index (χ4n) is 2.01. The second-order valence-electron chi connectivity index (χ2n) is 6.41. The lowest BCUT2D eigenvalue weighted by Crippen LogP contribution is -2.41. The zero-order chi connectivity index (χ0) is 16.1. The van der Waals surface area contributed by atoms with Crippen LogP contribution in [0.4, 0.5) is 5.69 Å². The molecule has 7 heteroatoms. The number of rotatable bonds is 3. The third kappa shape index (κ3) is 3.10. The Morgan fingerprint density at radius 3 is 1.81 bits per heavy atom. The zero-order valence-corrected chi connectivity index (χ0v) is 14.2. The summed E-state index contributed by atoms with van der Waals surface area (Å²) < 4.78 is 36.2. The number of nitrogens with zero attached hydrogens (tertiary/aromatic N) is 1. The van der Waals surface area contributed by atoms with Crippen molar-refractivity contribution in [3.05, 3.63) is 24.3 Å². The molecule has 1 heterocycles. The topological polar surface area (TPSA) is 55.8 Å². The molecule has 2 rings (SSSR count). The van der Waals surface area contributed by atoms with Gasteiger partial charge in [0.1, 0.15) is 0 Å². The summed E-state index contributed by atoms with van der Waals surface area (Å²) in [5.74, 6) is 0. The Morgan fingerprint density at radius 1 is 1.00 bits per heavy atom. The minimum Gasteiger partial charge on any atom is -0.399 e. The van der Waals surface area contributed by atoms with Crippen LogP contribution in [0, 0.1) is 0 Å². The molecule has 5 nitrogen and oxygen atoms in total. The molecule has 1 aliphatic heterocycles. The first-order valence-electron chi connectivity index (χ1n) is 6.83. The van der Waals surface area contributed by atoms with Crippen LogP contribution in [-0.4, -0.2) is 40.0 Å². The second-order valence-corrected chi connectivity index (χ2v) is 8.42. The molecule has 1 aromatic rings. The minimum absolute atomic E-state index is 0.389. The molecule has 0 spiro atoms. The van der Waals surface area contributed by atoms with Gasteiger partial charge in [-0.15, -0.1) is 0 Å². The highest BCUT2D eigenvalue weighted by molar-refractivity contribution is 7.92. The van der Waals surface area contributed by atoms with Crippen molar-refractivity contribution >= 4 is 28.3 Å². The number of hydrogen-bond acceptors (Lipinski definition) is 4. The maximum Gasteiger partial charge on any atom is 0.494 e. The van der Waals surface area contributed by atoms with E-state index in [1.165, 1.54) is 17.6 Å². The summed E-state index contributed by atoms with van der Waals surface area (Å²) in [6.45, 7) is 8.00. The summed E-state index contributed by atoms with van der Waals surface area (Å²) in [6, 6.07) is 7.17. The molecular weight excluding hydrogens is 289 g/mol. The van der Waals surface area contributed by atoms with E-state index in [4.69, 9.17) is 9.31 Å². The summed E-state index contributed by atoms with van der Waals surface area (Å²) in [5, 5.41) is 0. The Balaban J connectivity index is 2.22. The van der Waals surface area contributed by atoms with Crippen LogP contribution in [0.2, 0.25) is 0 Å². The van der Waals surface area contributed by atoms with E-state index < -0.39 is 17.1 Å². The van der Waals surface area contributed by atoms with E-state index in [-0.39, 0.29) is 11.2 Å². The third-order valence-electron chi connectivity index (χ3n) is 4.28. The number of sulfonamides is 1.